The molecule has 6 heteroatoms. The molecule has 1 amide bonds. The molecule has 98 valence electrons. The monoisotopic (exact) mass is 249 g/mol. The fourth-order valence-electron chi connectivity index (χ4n) is 2.31. The third-order valence-electron chi connectivity index (χ3n) is 3.29. The van der Waals surface area contributed by atoms with Crippen molar-refractivity contribution in [2.24, 2.45) is 5.73 Å². The van der Waals surface area contributed by atoms with E-state index in [1.165, 1.54) is 0 Å². The topological polar surface area (TPSA) is 84.1 Å². The summed E-state index contributed by atoms with van der Waals surface area (Å²) < 4.78 is 0. The Morgan fingerprint density at radius 3 is 2.83 bits per heavy atom. The van der Waals surface area contributed by atoms with Crippen LogP contribution in [0.5, 0.6) is 0 Å². The molecule has 1 fully saturated rings. The van der Waals surface area contributed by atoms with E-state index in [1.807, 2.05) is 13.2 Å². The molecule has 1 aromatic rings. The number of piperidine rings is 1. The second-order valence-electron chi connectivity index (χ2n) is 4.60. The number of amides is 1. The zero-order valence-electron chi connectivity index (χ0n) is 10.6. The second kappa shape index (κ2) is 5.77. The molecule has 0 bridgehead atoms. The molecule has 1 aliphatic heterocycles. The minimum Gasteiger partial charge on any atom is -0.372 e. The van der Waals surface area contributed by atoms with E-state index in [4.69, 9.17) is 5.73 Å². The van der Waals surface area contributed by atoms with Gasteiger partial charge >= 0.3 is 0 Å². The highest BCUT2D eigenvalue weighted by Crippen LogP contribution is 2.26. The minimum atomic E-state index is -0.259. The largest absolute Gasteiger partial charge is 0.372 e. The Bertz CT molecular complexity index is 415. The van der Waals surface area contributed by atoms with Crippen LogP contribution in [0.4, 0.5) is 5.82 Å². The number of hydrogen-bond acceptors (Lipinski definition) is 5. The SMILES string of the molecule is CNc1cncc(C2CCN(CC(N)=O)CC2)n1. The van der Waals surface area contributed by atoms with Gasteiger partial charge in [-0.15, -0.1) is 0 Å². The predicted octanol–water partition coefficient (Wildman–Crippen LogP) is 0.183. The summed E-state index contributed by atoms with van der Waals surface area (Å²) in [5, 5.41) is 3.00. The molecule has 1 aromatic heterocycles. The Kier molecular flexibility index (Phi) is 4.09. The van der Waals surface area contributed by atoms with Gasteiger partial charge in [0.05, 0.1) is 18.4 Å². The number of aromatic nitrogens is 2. The van der Waals surface area contributed by atoms with Gasteiger partial charge in [0.15, 0.2) is 0 Å². The maximum absolute atomic E-state index is 10.9. The van der Waals surface area contributed by atoms with Crippen LogP contribution in [-0.4, -0.2) is 47.5 Å². The molecule has 0 spiro atoms. The number of nitrogens with zero attached hydrogens (tertiary/aromatic N) is 3. The standard InChI is InChI=1S/C12H19N5O/c1-14-12-7-15-6-10(16-12)9-2-4-17(5-3-9)8-11(13)18/h6-7,9H,2-5,8H2,1H3,(H2,13,18)(H,14,16). The molecule has 0 aliphatic carbocycles. The number of anilines is 1. The highest BCUT2D eigenvalue weighted by atomic mass is 16.1. The summed E-state index contributed by atoms with van der Waals surface area (Å²) in [5.74, 6) is 0.965. The van der Waals surface area contributed by atoms with E-state index in [0.717, 1.165) is 37.4 Å². The number of nitrogens with two attached hydrogens (primary N) is 1. The summed E-state index contributed by atoms with van der Waals surface area (Å²) in [6.07, 6.45) is 5.53. The lowest BCUT2D eigenvalue weighted by molar-refractivity contribution is -0.119. The number of carbonyl (C=O) groups excluding carboxylic acids is 1. The van der Waals surface area contributed by atoms with Gasteiger partial charge in [-0.05, 0) is 25.9 Å². The number of carbonyl (C=O) groups is 1. The van der Waals surface area contributed by atoms with E-state index < -0.39 is 0 Å². The maximum atomic E-state index is 10.9. The summed E-state index contributed by atoms with van der Waals surface area (Å²) >= 11 is 0. The van der Waals surface area contributed by atoms with Gasteiger partial charge in [0.1, 0.15) is 5.82 Å². The molecule has 6 nitrogen and oxygen atoms in total. The third kappa shape index (κ3) is 3.16. The molecule has 2 heterocycles. The Balaban J connectivity index is 1.94. The molecule has 0 unspecified atom stereocenters. The fraction of sp³-hybridized carbons (Fsp3) is 0.583. The predicted molar refractivity (Wildman–Crippen MR) is 69.2 cm³/mol. The van der Waals surface area contributed by atoms with Crippen LogP contribution in [0, 0.1) is 0 Å². The lowest BCUT2D eigenvalue weighted by atomic mass is 9.94. The Morgan fingerprint density at radius 2 is 2.22 bits per heavy atom. The number of primary amides is 1. The van der Waals surface area contributed by atoms with Gasteiger partial charge in [-0.25, -0.2) is 4.98 Å². The molecular weight excluding hydrogens is 230 g/mol. The zero-order valence-corrected chi connectivity index (χ0v) is 10.6. The third-order valence-corrected chi connectivity index (χ3v) is 3.29. The van der Waals surface area contributed by atoms with E-state index in [1.54, 1.807) is 6.20 Å². The van der Waals surface area contributed by atoms with Gasteiger partial charge in [0, 0.05) is 19.2 Å². The molecule has 0 saturated carbocycles. The highest BCUT2D eigenvalue weighted by Gasteiger charge is 2.22. The van der Waals surface area contributed by atoms with E-state index >= 15 is 0 Å². The van der Waals surface area contributed by atoms with Gasteiger partial charge in [0.25, 0.3) is 0 Å². The lowest BCUT2D eigenvalue weighted by Crippen LogP contribution is -2.39. The second-order valence-corrected chi connectivity index (χ2v) is 4.60. The first-order valence-electron chi connectivity index (χ1n) is 6.19. The van der Waals surface area contributed by atoms with Crippen LogP contribution < -0.4 is 11.1 Å². The first-order valence-corrected chi connectivity index (χ1v) is 6.19. The van der Waals surface area contributed by atoms with Crippen molar-refractivity contribution in [3.8, 4) is 0 Å². The number of hydrogen-bond donors (Lipinski definition) is 2. The molecule has 18 heavy (non-hydrogen) atoms. The van der Waals surface area contributed by atoms with Crippen molar-refractivity contribution in [2.75, 3.05) is 32.0 Å². The molecular formula is C12H19N5O. The Morgan fingerprint density at radius 1 is 1.50 bits per heavy atom. The van der Waals surface area contributed by atoms with Gasteiger partial charge in [-0.2, -0.15) is 0 Å². The fourth-order valence-corrected chi connectivity index (χ4v) is 2.31. The molecule has 0 aromatic carbocycles. The molecule has 0 atom stereocenters. The molecule has 1 aliphatic rings. The van der Waals surface area contributed by atoms with E-state index in [2.05, 4.69) is 20.2 Å². The van der Waals surface area contributed by atoms with Crippen molar-refractivity contribution in [2.45, 2.75) is 18.8 Å². The van der Waals surface area contributed by atoms with E-state index in [9.17, 15) is 4.79 Å². The van der Waals surface area contributed by atoms with Crippen molar-refractivity contribution < 1.29 is 4.79 Å². The lowest BCUT2D eigenvalue weighted by Gasteiger charge is -2.30. The van der Waals surface area contributed by atoms with Crippen molar-refractivity contribution in [1.29, 1.82) is 0 Å². The van der Waals surface area contributed by atoms with Crippen LogP contribution in [0.1, 0.15) is 24.5 Å². The quantitative estimate of drug-likeness (QED) is 0.795. The van der Waals surface area contributed by atoms with E-state index in [-0.39, 0.29) is 5.91 Å². The summed E-state index contributed by atoms with van der Waals surface area (Å²) in [6.45, 7) is 2.13. The number of likely N-dealkylation sites (tertiary alicyclic amines) is 1. The molecule has 3 N–H and O–H groups in total. The van der Waals surface area contributed by atoms with Crippen LogP contribution in [0.15, 0.2) is 12.4 Å². The summed E-state index contributed by atoms with van der Waals surface area (Å²) in [7, 11) is 1.84. The van der Waals surface area contributed by atoms with Gasteiger partial charge < -0.3 is 11.1 Å². The smallest absolute Gasteiger partial charge is 0.231 e. The van der Waals surface area contributed by atoms with Gasteiger partial charge in [-0.1, -0.05) is 0 Å². The highest BCUT2D eigenvalue weighted by molar-refractivity contribution is 5.75. The number of nitrogens with one attached hydrogen (secondary N) is 1. The first-order chi connectivity index (χ1) is 8.69. The van der Waals surface area contributed by atoms with Crippen molar-refractivity contribution in [1.82, 2.24) is 14.9 Å². The molecule has 0 radical (unpaired) electrons. The number of rotatable bonds is 4. The Labute approximate surface area is 107 Å². The summed E-state index contributed by atoms with van der Waals surface area (Å²) in [4.78, 5) is 21.6. The summed E-state index contributed by atoms with van der Waals surface area (Å²) in [5.41, 5.74) is 6.22. The van der Waals surface area contributed by atoms with Crippen LogP contribution in [-0.2, 0) is 4.79 Å². The van der Waals surface area contributed by atoms with Crippen molar-refractivity contribution >= 4 is 11.7 Å². The first kappa shape index (κ1) is 12.8. The van der Waals surface area contributed by atoms with E-state index in [0.29, 0.717) is 12.5 Å². The van der Waals surface area contributed by atoms with Crippen LogP contribution in [0.25, 0.3) is 0 Å². The normalized spacial score (nSPS) is 17.6. The van der Waals surface area contributed by atoms with Crippen LogP contribution in [0.2, 0.25) is 0 Å². The van der Waals surface area contributed by atoms with Gasteiger partial charge in [0.2, 0.25) is 5.91 Å². The van der Waals surface area contributed by atoms with Gasteiger partial charge in [-0.3, -0.25) is 14.7 Å². The van der Waals surface area contributed by atoms with Crippen LogP contribution in [0.3, 0.4) is 0 Å². The zero-order chi connectivity index (χ0) is 13.0. The average Bonchev–Trinajstić information content (AvgIpc) is 2.39. The summed E-state index contributed by atoms with van der Waals surface area (Å²) in [6, 6.07) is 0. The molecule has 2 rings (SSSR count). The maximum Gasteiger partial charge on any atom is 0.231 e. The van der Waals surface area contributed by atoms with Crippen molar-refractivity contribution in [3.63, 3.8) is 0 Å². The average molecular weight is 249 g/mol. The van der Waals surface area contributed by atoms with Crippen LogP contribution >= 0.6 is 0 Å². The Hall–Kier alpha value is -1.69. The minimum absolute atomic E-state index is 0.259. The van der Waals surface area contributed by atoms with Crippen molar-refractivity contribution in [3.05, 3.63) is 18.1 Å². The molecule has 1 saturated heterocycles.